The number of rotatable bonds is 7. The molecule has 3 aromatic rings. The topological polar surface area (TPSA) is 88.1 Å². The highest BCUT2D eigenvalue weighted by Crippen LogP contribution is 2.32. The van der Waals surface area contributed by atoms with Crippen molar-refractivity contribution in [3.63, 3.8) is 0 Å². The number of benzene rings is 3. The van der Waals surface area contributed by atoms with Gasteiger partial charge in [0.2, 0.25) is 0 Å². The summed E-state index contributed by atoms with van der Waals surface area (Å²) in [5.74, 6) is -1.71. The molecule has 1 saturated heterocycles. The average molecular weight is 460 g/mol. The molecule has 0 bridgehead atoms. The third-order valence-electron chi connectivity index (χ3n) is 5.53. The minimum Gasteiger partial charge on any atom is -0.459 e. The Bertz CT molecular complexity index is 1130. The van der Waals surface area contributed by atoms with Gasteiger partial charge in [-0.05, 0) is 43.3 Å². The molecule has 0 N–H and O–H groups in total. The van der Waals surface area contributed by atoms with Crippen molar-refractivity contribution >= 4 is 17.9 Å². The van der Waals surface area contributed by atoms with Gasteiger partial charge >= 0.3 is 17.9 Å². The largest absolute Gasteiger partial charge is 0.459 e. The molecular formula is C27H24O7. The van der Waals surface area contributed by atoms with E-state index >= 15 is 0 Å². The van der Waals surface area contributed by atoms with Crippen LogP contribution in [0.2, 0.25) is 0 Å². The number of hydrogen-bond donors (Lipinski definition) is 0. The number of carbonyl (C=O) groups excluding carboxylic acids is 3. The lowest BCUT2D eigenvalue weighted by molar-refractivity contribution is -0.0948. The van der Waals surface area contributed by atoms with Gasteiger partial charge in [0, 0.05) is 0 Å². The van der Waals surface area contributed by atoms with E-state index < -0.39 is 35.7 Å². The summed E-state index contributed by atoms with van der Waals surface area (Å²) in [6.07, 6.45) is -1.89. The van der Waals surface area contributed by atoms with E-state index in [0.29, 0.717) is 16.7 Å². The van der Waals surface area contributed by atoms with Gasteiger partial charge in [0.05, 0.1) is 23.3 Å². The first-order chi connectivity index (χ1) is 16.5. The summed E-state index contributed by atoms with van der Waals surface area (Å²) < 4.78 is 22.8. The maximum Gasteiger partial charge on any atom is 0.338 e. The average Bonchev–Trinajstić information content (AvgIpc) is 3.19. The number of hydrogen-bond acceptors (Lipinski definition) is 7. The third kappa shape index (κ3) is 5.32. The van der Waals surface area contributed by atoms with Crippen LogP contribution in [-0.2, 0) is 18.9 Å². The first kappa shape index (κ1) is 23.2. The van der Waals surface area contributed by atoms with Gasteiger partial charge in [-0.1, -0.05) is 54.6 Å². The van der Waals surface area contributed by atoms with Gasteiger partial charge < -0.3 is 18.9 Å². The predicted octanol–water partition coefficient (Wildman–Crippen LogP) is 4.08. The molecule has 1 fully saturated rings. The molecule has 0 radical (unpaired) electrons. The van der Waals surface area contributed by atoms with Crippen LogP contribution in [0.1, 0.15) is 38.0 Å². The zero-order chi connectivity index (χ0) is 24.0. The van der Waals surface area contributed by atoms with Gasteiger partial charge in [0.15, 0.2) is 12.2 Å². The van der Waals surface area contributed by atoms with Crippen LogP contribution in [0.15, 0.2) is 91.0 Å². The Labute approximate surface area is 197 Å². The highest BCUT2D eigenvalue weighted by molar-refractivity contribution is 5.91. The third-order valence-corrected chi connectivity index (χ3v) is 5.53. The van der Waals surface area contributed by atoms with E-state index in [1.54, 1.807) is 97.9 Å². The molecule has 1 aliphatic rings. The van der Waals surface area contributed by atoms with Crippen molar-refractivity contribution in [2.75, 3.05) is 13.2 Å². The quantitative estimate of drug-likeness (QED) is 0.388. The predicted molar refractivity (Wildman–Crippen MR) is 122 cm³/mol. The molecule has 7 nitrogen and oxygen atoms in total. The van der Waals surface area contributed by atoms with E-state index in [-0.39, 0.29) is 13.2 Å². The monoisotopic (exact) mass is 460 g/mol. The van der Waals surface area contributed by atoms with Gasteiger partial charge in [0.25, 0.3) is 0 Å². The molecule has 0 aromatic heterocycles. The van der Waals surface area contributed by atoms with E-state index in [9.17, 15) is 14.4 Å². The summed E-state index contributed by atoms with van der Waals surface area (Å²) in [5.41, 5.74) is -0.142. The van der Waals surface area contributed by atoms with Crippen LogP contribution in [0.25, 0.3) is 0 Å². The molecule has 0 amide bonds. The summed E-state index contributed by atoms with van der Waals surface area (Å²) in [6, 6.07) is 25.5. The molecule has 3 aromatic carbocycles. The second kappa shape index (κ2) is 10.3. The molecule has 1 heterocycles. The Morgan fingerprint density at radius 3 is 1.68 bits per heavy atom. The van der Waals surface area contributed by atoms with Crippen LogP contribution >= 0.6 is 0 Å². The lowest BCUT2D eigenvalue weighted by Gasteiger charge is -2.31. The fourth-order valence-corrected chi connectivity index (χ4v) is 3.66. The Balaban J connectivity index is 1.52. The Hall–Kier alpha value is -3.97. The van der Waals surface area contributed by atoms with Crippen molar-refractivity contribution in [1.82, 2.24) is 0 Å². The van der Waals surface area contributed by atoms with Gasteiger partial charge in [-0.25, -0.2) is 14.4 Å². The van der Waals surface area contributed by atoms with Gasteiger partial charge in [-0.15, -0.1) is 0 Å². The number of carbonyl (C=O) groups is 3. The molecule has 3 unspecified atom stereocenters. The summed E-state index contributed by atoms with van der Waals surface area (Å²) in [4.78, 5) is 38.0. The zero-order valence-corrected chi connectivity index (χ0v) is 18.6. The lowest BCUT2D eigenvalue weighted by Crippen LogP contribution is -2.48. The summed E-state index contributed by atoms with van der Waals surface area (Å²) in [6.45, 7) is 1.43. The Morgan fingerprint density at radius 2 is 1.18 bits per heavy atom. The van der Waals surface area contributed by atoms with Crippen molar-refractivity contribution in [3.05, 3.63) is 108 Å². The van der Waals surface area contributed by atoms with Crippen LogP contribution in [0, 0.1) is 0 Å². The highest BCUT2D eigenvalue weighted by Gasteiger charge is 2.52. The lowest BCUT2D eigenvalue weighted by atomic mass is 9.98. The fraction of sp³-hybridized carbons (Fsp3) is 0.222. The van der Waals surface area contributed by atoms with Crippen molar-refractivity contribution in [3.8, 4) is 0 Å². The summed E-state index contributed by atoms with van der Waals surface area (Å²) >= 11 is 0. The second-order valence-electron chi connectivity index (χ2n) is 8.07. The standard InChI is InChI=1S/C27H24O7/c1-27(18-31-24(28)19-11-5-2-6-12-19)23(34-26(30)21-15-9-4-10-16-21)22(17-32-27)33-25(29)20-13-7-3-8-14-20/h2-16,22-23H,17-18H2,1H3. The smallest absolute Gasteiger partial charge is 0.338 e. The number of esters is 3. The Kier molecular flexibility index (Phi) is 7.04. The Morgan fingerprint density at radius 1 is 0.735 bits per heavy atom. The van der Waals surface area contributed by atoms with Crippen LogP contribution in [-0.4, -0.2) is 48.9 Å². The molecule has 0 saturated carbocycles. The highest BCUT2D eigenvalue weighted by atomic mass is 16.7. The fourth-order valence-electron chi connectivity index (χ4n) is 3.66. The van der Waals surface area contributed by atoms with Crippen molar-refractivity contribution < 1.29 is 33.3 Å². The molecule has 0 spiro atoms. The number of ether oxygens (including phenoxy) is 4. The first-order valence-corrected chi connectivity index (χ1v) is 10.8. The van der Waals surface area contributed by atoms with Gasteiger partial charge in [-0.2, -0.15) is 0 Å². The van der Waals surface area contributed by atoms with Crippen molar-refractivity contribution in [2.24, 2.45) is 0 Å². The molecule has 174 valence electrons. The van der Waals surface area contributed by atoms with Crippen LogP contribution in [0.4, 0.5) is 0 Å². The second-order valence-corrected chi connectivity index (χ2v) is 8.07. The molecular weight excluding hydrogens is 436 g/mol. The molecule has 34 heavy (non-hydrogen) atoms. The van der Waals surface area contributed by atoms with E-state index in [1.807, 2.05) is 0 Å². The maximum atomic E-state index is 12.8. The zero-order valence-electron chi connectivity index (χ0n) is 18.6. The maximum absolute atomic E-state index is 12.8. The minimum atomic E-state index is -1.23. The van der Waals surface area contributed by atoms with Crippen LogP contribution < -0.4 is 0 Å². The summed E-state index contributed by atoms with van der Waals surface area (Å²) in [7, 11) is 0. The summed E-state index contributed by atoms with van der Waals surface area (Å²) in [5, 5.41) is 0. The van der Waals surface area contributed by atoms with E-state index in [1.165, 1.54) is 0 Å². The van der Waals surface area contributed by atoms with E-state index in [2.05, 4.69) is 0 Å². The van der Waals surface area contributed by atoms with E-state index in [4.69, 9.17) is 18.9 Å². The normalized spacial score (nSPS) is 21.4. The van der Waals surface area contributed by atoms with Crippen LogP contribution in [0.5, 0.6) is 0 Å². The van der Waals surface area contributed by atoms with Crippen molar-refractivity contribution in [2.45, 2.75) is 24.7 Å². The first-order valence-electron chi connectivity index (χ1n) is 10.8. The molecule has 0 aliphatic carbocycles. The van der Waals surface area contributed by atoms with Gasteiger partial charge in [0.1, 0.15) is 12.2 Å². The minimum absolute atomic E-state index is 0.0231. The van der Waals surface area contributed by atoms with Gasteiger partial charge in [-0.3, -0.25) is 0 Å². The molecule has 7 heteroatoms. The van der Waals surface area contributed by atoms with Crippen LogP contribution in [0.3, 0.4) is 0 Å². The van der Waals surface area contributed by atoms with Crippen molar-refractivity contribution in [1.29, 1.82) is 0 Å². The SMILES string of the molecule is CC1(COC(=O)c2ccccc2)OCC(OC(=O)c2ccccc2)C1OC(=O)c1ccccc1. The molecule has 1 aliphatic heterocycles. The molecule has 4 rings (SSSR count). The van der Waals surface area contributed by atoms with E-state index in [0.717, 1.165) is 0 Å². The molecule has 3 atom stereocenters.